The molecule has 0 bridgehead atoms. The summed E-state index contributed by atoms with van der Waals surface area (Å²) in [7, 11) is 6.82. The Labute approximate surface area is 367 Å². The van der Waals surface area contributed by atoms with Gasteiger partial charge in [-0.1, -0.05) is 0 Å². The smallest absolute Gasteiger partial charge is 0.261 e. The number of carbonyl (C=O) groups is 1. The summed E-state index contributed by atoms with van der Waals surface area (Å²) in [5, 5.41) is 25.3. The third-order valence-electron chi connectivity index (χ3n) is 9.69. The van der Waals surface area contributed by atoms with E-state index in [9.17, 15) is 19.2 Å². The number of pyridine rings is 8. The first-order valence-corrected chi connectivity index (χ1v) is 19.3. The molecule has 9 aromatic heterocycles. The Morgan fingerprint density at radius 3 is 1.31 bits per heavy atom. The first-order valence-electron chi connectivity index (χ1n) is 19.3. The number of carbonyl (C=O) groups excluding carboxylic acids is 1. The summed E-state index contributed by atoms with van der Waals surface area (Å²) in [6, 6.07) is 20.9. The fourth-order valence-corrected chi connectivity index (χ4v) is 6.37. The second kappa shape index (κ2) is 18.1. The minimum atomic E-state index is -0.548. The summed E-state index contributed by atoms with van der Waals surface area (Å²) in [5.41, 5.74) is 23.1. The highest BCUT2D eigenvalue weighted by atomic mass is 16.1. The molecule has 0 aliphatic rings. The monoisotopic (exact) mass is 872 g/mol. The van der Waals surface area contributed by atoms with Gasteiger partial charge in [0.05, 0.1) is 27.3 Å². The lowest BCUT2D eigenvalue weighted by Crippen LogP contribution is -2.17. The van der Waals surface area contributed by atoms with Crippen molar-refractivity contribution in [1.82, 2.24) is 48.4 Å². The fourth-order valence-electron chi connectivity index (χ4n) is 6.37. The van der Waals surface area contributed by atoms with Gasteiger partial charge in [0.2, 0.25) is 5.91 Å². The van der Waals surface area contributed by atoms with Crippen molar-refractivity contribution in [2.24, 2.45) is 33.9 Å². The molecule has 65 heavy (non-hydrogen) atoms. The van der Waals surface area contributed by atoms with Crippen molar-refractivity contribution in [3.63, 3.8) is 0 Å². The van der Waals surface area contributed by atoms with Gasteiger partial charge in [0, 0.05) is 71.4 Å². The van der Waals surface area contributed by atoms with Gasteiger partial charge in [0.15, 0.2) is 5.82 Å². The normalized spacial score (nSPS) is 10.6. The number of aryl methyl sites for hydroxylation is 4. The molecule has 0 aromatic carbocycles. The zero-order valence-electron chi connectivity index (χ0n) is 35.2. The summed E-state index contributed by atoms with van der Waals surface area (Å²) in [6.07, 6.45) is 9.69. The Morgan fingerprint density at radius 2 is 0.969 bits per heavy atom. The zero-order chi connectivity index (χ0) is 46.5. The quantitative estimate of drug-likeness (QED) is 0.121. The molecule has 22 heteroatoms. The molecule has 9 aromatic rings. The number of anilines is 9. The van der Waals surface area contributed by atoms with E-state index in [1.54, 1.807) is 99.0 Å². The number of nitrogens with two attached hydrogens (primary N) is 4. The van der Waals surface area contributed by atoms with Gasteiger partial charge in [-0.25, -0.2) is 24.9 Å². The van der Waals surface area contributed by atoms with Crippen LogP contribution >= 0.6 is 0 Å². The maximum Gasteiger partial charge on any atom is 0.261 e. The van der Waals surface area contributed by atoms with Crippen LogP contribution in [0.15, 0.2) is 118 Å². The van der Waals surface area contributed by atoms with E-state index >= 15 is 0 Å². The molecule has 22 nitrogen and oxygen atoms in total. The van der Waals surface area contributed by atoms with Gasteiger partial charge in [-0.05, 0) is 76.8 Å². The number of aromatic nitrogens is 10. The van der Waals surface area contributed by atoms with Crippen LogP contribution in [0.1, 0.15) is 15.9 Å². The van der Waals surface area contributed by atoms with Crippen LogP contribution < -0.4 is 55.6 Å². The molecule has 326 valence electrons. The number of amides is 1. The van der Waals surface area contributed by atoms with Gasteiger partial charge >= 0.3 is 0 Å². The van der Waals surface area contributed by atoms with E-state index in [0.717, 1.165) is 5.39 Å². The van der Waals surface area contributed by atoms with Gasteiger partial charge in [0.25, 0.3) is 16.7 Å². The highest BCUT2D eigenvalue weighted by Gasteiger charge is 2.12. The molecule has 0 saturated carbocycles. The van der Waals surface area contributed by atoms with Crippen LogP contribution in [0.4, 0.5) is 52.4 Å². The van der Waals surface area contributed by atoms with Crippen molar-refractivity contribution in [3.8, 4) is 6.07 Å². The molecule has 9 heterocycles. The topological polar surface area (TPSA) is 329 Å². The largest absolute Gasteiger partial charge is 0.383 e. The van der Waals surface area contributed by atoms with Gasteiger partial charge < -0.3 is 52.6 Å². The molecule has 0 radical (unpaired) electrons. The highest BCUT2D eigenvalue weighted by molar-refractivity contribution is 5.95. The number of primary amides is 1. The number of fused-ring (bicyclic) bond motifs is 3. The maximum atomic E-state index is 12.1. The molecule has 0 fully saturated rings. The zero-order valence-corrected chi connectivity index (χ0v) is 35.2. The van der Waals surface area contributed by atoms with Crippen molar-refractivity contribution in [3.05, 3.63) is 146 Å². The second-order valence-electron chi connectivity index (χ2n) is 14.4. The third kappa shape index (κ3) is 9.63. The average molecular weight is 873 g/mol. The predicted molar refractivity (Wildman–Crippen MR) is 249 cm³/mol. The van der Waals surface area contributed by atoms with Gasteiger partial charge in [-0.15, -0.1) is 0 Å². The Balaban J connectivity index is 0.000000146. The minimum Gasteiger partial charge on any atom is -0.383 e. The average Bonchev–Trinajstić information content (AvgIpc) is 3.69. The Hall–Kier alpha value is -9.65. The number of nitrogen functional groups attached to an aromatic ring is 3. The maximum absolute atomic E-state index is 12.1. The van der Waals surface area contributed by atoms with Crippen LogP contribution in [0.2, 0.25) is 0 Å². The number of hydrogen-bond acceptors (Lipinski definition) is 17. The van der Waals surface area contributed by atoms with E-state index in [1.807, 2.05) is 31.4 Å². The van der Waals surface area contributed by atoms with Crippen molar-refractivity contribution < 1.29 is 4.79 Å². The molecule has 0 spiro atoms. The van der Waals surface area contributed by atoms with Crippen molar-refractivity contribution in [2.45, 2.75) is 0 Å². The Morgan fingerprint density at radius 1 is 0.554 bits per heavy atom. The first-order chi connectivity index (χ1) is 31.1. The van der Waals surface area contributed by atoms with E-state index in [4.69, 9.17) is 28.2 Å². The number of hydrogen-bond donors (Lipinski definition) is 7. The molecule has 11 N–H and O–H groups in total. The summed E-state index contributed by atoms with van der Waals surface area (Å²) in [4.78, 5) is 68.0. The number of rotatable bonds is 7. The summed E-state index contributed by atoms with van der Waals surface area (Å²) < 4.78 is 6.06. The lowest BCUT2D eigenvalue weighted by Gasteiger charge is -2.09. The number of nitrogens with zero attached hydrogens (tertiary/aromatic N) is 11. The van der Waals surface area contributed by atoms with Crippen molar-refractivity contribution in [1.29, 1.82) is 5.26 Å². The standard InChI is InChI=1S/C15H14N6O2.C15H12N6O.C13H14N6O/c1-21-5-4-8-6-11(20-13(16)12(8)15(21)23)19-10-3-2-9(7-18-10)14(17)22;1-21-5-4-10-6-12(20-14(17)13(10)15(21)22)19-11-3-2-9(7-16)8-18-11;1-18-5-3-8-7-10(15-9-4-6-19(2)17-9)16-12(14)11(8)13(18)20/h2-7H,1H3,(H2,17,22)(H3,16,18,19,20);2-6,8H,1H3,(H3,17,18,19,20);3-7H,1-2H3,(H3,14,15,16,17). The van der Waals surface area contributed by atoms with Crippen LogP contribution in [0, 0.1) is 11.3 Å². The van der Waals surface area contributed by atoms with E-state index in [2.05, 4.69) is 46.0 Å². The molecular formula is C43H40N18O4. The van der Waals surface area contributed by atoms with Gasteiger partial charge in [0.1, 0.15) is 52.6 Å². The third-order valence-corrected chi connectivity index (χ3v) is 9.69. The van der Waals surface area contributed by atoms with E-state index in [0.29, 0.717) is 73.0 Å². The van der Waals surface area contributed by atoms with Crippen LogP contribution in [0.3, 0.4) is 0 Å². The van der Waals surface area contributed by atoms with Gasteiger partial charge in [-0.2, -0.15) is 10.4 Å². The molecule has 0 aliphatic heterocycles. The summed E-state index contributed by atoms with van der Waals surface area (Å²) in [6.45, 7) is 0. The molecule has 9 rings (SSSR count). The van der Waals surface area contributed by atoms with Gasteiger partial charge in [-0.3, -0.25) is 23.9 Å². The van der Waals surface area contributed by atoms with E-state index in [-0.39, 0.29) is 34.1 Å². The minimum absolute atomic E-state index is 0.139. The van der Waals surface area contributed by atoms with Crippen LogP contribution in [-0.2, 0) is 28.2 Å². The molecule has 0 atom stereocenters. The lowest BCUT2D eigenvalue weighted by atomic mass is 10.2. The van der Waals surface area contributed by atoms with E-state index in [1.165, 1.54) is 26.1 Å². The molecule has 0 saturated heterocycles. The molecule has 0 aliphatic carbocycles. The van der Waals surface area contributed by atoms with Crippen molar-refractivity contribution >= 4 is 90.6 Å². The number of nitriles is 1. The second-order valence-corrected chi connectivity index (χ2v) is 14.4. The molecule has 1 amide bonds. The molecular weight excluding hydrogens is 833 g/mol. The summed E-state index contributed by atoms with van der Waals surface area (Å²) in [5.74, 6) is 3.13. The number of nitrogens with one attached hydrogen (secondary N) is 3. The van der Waals surface area contributed by atoms with Crippen molar-refractivity contribution in [2.75, 3.05) is 33.2 Å². The Bertz CT molecular complexity index is 3500. The van der Waals surface area contributed by atoms with Crippen LogP contribution in [0.5, 0.6) is 0 Å². The predicted octanol–water partition coefficient (Wildman–Crippen LogP) is 3.27. The first kappa shape index (κ1) is 43.4. The fraction of sp³-hybridized carbons (Fsp3) is 0.0930. The lowest BCUT2D eigenvalue weighted by molar-refractivity contribution is 0.1000. The van der Waals surface area contributed by atoms with Crippen LogP contribution in [-0.4, -0.2) is 54.3 Å². The van der Waals surface area contributed by atoms with Crippen LogP contribution in [0.25, 0.3) is 32.3 Å². The summed E-state index contributed by atoms with van der Waals surface area (Å²) >= 11 is 0. The molecule has 0 unspecified atom stereocenters. The highest BCUT2D eigenvalue weighted by Crippen LogP contribution is 2.24. The van der Waals surface area contributed by atoms with E-state index < -0.39 is 5.91 Å². The Kier molecular flexibility index (Phi) is 12.1. The SMILES string of the molecule is Cn1ccc(Nc2cc3ccn(C)c(=O)c3c(N)n2)n1.Cn1ccc2cc(Nc3ccc(C#N)cn3)nc(N)c2c1=O.Cn1ccc2cc(Nc3ccc(C(N)=O)cn3)nc(N)c2c1=O.